The van der Waals surface area contributed by atoms with Gasteiger partial charge in [0.25, 0.3) is 0 Å². The fourth-order valence-corrected chi connectivity index (χ4v) is 3.85. The van der Waals surface area contributed by atoms with Crippen LogP contribution in [-0.4, -0.2) is 58.6 Å². The second-order valence-corrected chi connectivity index (χ2v) is 7.30. The van der Waals surface area contributed by atoms with E-state index >= 15 is 0 Å². The molecule has 2 heterocycles. The zero-order chi connectivity index (χ0) is 18.4. The van der Waals surface area contributed by atoms with Crippen molar-refractivity contribution >= 4 is 5.91 Å². The summed E-state index contributed by atoms with van der Waals surface area (Å²) in [5, 5.41) is 6.49. The lowest BCUT2D eigenvalue weighted by Crippen LogP contribution is -2.48. The predicted octanol–water partition coefficient (Wildman–Crippen LogP) is 1.55. The third-order valence-electron chi connectivity index (χ3n) is 5.43. The average Bonchev–Trinajstić information content (AvgIpc) is 2.68. The van der Waals surface area contributed by atoms with Crippen LogP contribution in [-0.2, 0) is 19.7 Å². The normalized spacial score (nSPS) is 22.6. The second kappa shape index (κ2) is 8.84. The minimum atomic E-state index is -0.151. The van der Waals surface area contributed by atoms with Gasteiger partial charge in [-0.1, -0.05) is 17.7 Å². The molecule has 1 atom stereocenters. The molecule has 0 aromatic heterocycles. The Morgan fingerprint density at radius 1 is 1.31 bits per heavy atom. The van der Waals surface area contributed by atoms with Crippen LogP contribution in [0.2, 0.25) is 0 Å². The Kier molecular flexibility index (Phi) is 6.51. The number of aryl methyl sites for hydroxylation is 1. The van der Waals surface area contributed by atoms with E-state index in [0.717, 1.165) is 25.1 Å². The zero-order valence-corrected chi connectivity index (χ0v) is 15.8. The van der Waals surface area contributed by atoms with Crippen LogP contribution in [0.25, 0.3) is 0 Å². The van der Waals surface area contributed by atoms with Crippen LogP contribution in [0.5, 0.6) is 5.75 Å². The van der Waals surface area contributed by atoms with Gasteiger partial charge in [-0.15, -0.1) is 0 Å². The summed E-state index contributed by atoms with van der Waals surface area (Å²) in [6.45, 7) is 6.20. The highest BCUT2D eigenvalue weighted by Gasteiger charge is 2.37. The Hall–Kier alpha value is -1.63. The van der Waals surface area contributed by atoms with Crippen LogP contribution in [0.15, 0.2) is 18.2 Å². The summed E-state index contributed by atoms with van der Waals surface area (Å²) in [4.78, 5) is 12.5. The van der Waals surface area contributed by atoms with Crippen LogP contribution in [0, 0.1) is 6.92 Å². The van der Waals surface area contributed by atoms with E-state index in [0.29, 0.717) is 39.4 Å². The lowest BCUT2D eigenvalue weighted by molar-refractivity contribution is -0.122. The van der Waals surface area contributed by atoms with Crippen LogP contribution in [0.3, 0.4) is 0 Å². The fraction of sp³-hybridized carbons (Fsp3) is 0.650. The standard InChI is InChI=1S/C20H30N2O4/c1-15-3-4-18(24-2)17(11-15)20(5-8-25-9-6-20)14-22-19(23)12-16-13-26-10-7-21-16/h3-4,11,16,21H,5-10,12-14H2,1-2H3,(H,22,23). The number of hydrogen-bond acceptors (Lipinski definition) is 5. The maximum absolute atomic E-state index is 12.5. The van der Waals surface area contributed by atoms with Gasteiger partial charge in [0.1, 0.15) is 5.75 Å². The monoisotopic (exact) mass is 362 g/mol. The molecule has 6 nitrogen and oxygen atoms in total. The molecule has 0 spiro atoms. The molecule has 1 unspecified atom stereocenters. The predicted molar refractivity (Wildman–Crippen MR) is 99.7 cm³/mol. The number of nitrogens with one attached hydrogen (secondary N) is 2. The van der Waals surface area contributed by atoms with Crippen molar-refractivity contribution in [1.29, 1.82) is 0 Å². The van der Waals surface area contributed by atoms with Gasteiger partial charge in [0.05, 0.1) is 20.3 Å². The van der Waals surface area contributed by atoms with Crippen molar-refractivity contribution in [2.75, 3.05) is 46.6 Å². The van der Waals surface area contributed by atoms with Crippen molar-refractivity contribution in [3.63, 3.8) is 0 Å². The largest absolute Gasteiger partial charge is 0.496 e. The van der Waals surface area contributed by atoms with E-state index < -0.39 is 0 Å². The third kappa shape index (κ3) is 4.55. The van der Waals surface area contributed by atoms with Gasteiger partial charge in [-0.2, -0.15) is 0 Å². The molecule has 3 rings (SSSR count). The smallest absolute Gasteiger partial charge is 0.221 e. The number of amides is 1. The van der Waals surface area contributed by atoms with Crippen molar-refractivity contribution in [2.24, 2.45) is 0 Å². The van der Waals surface area contributed by atoms with E-state index in [1.165, 1.54) is 11.1 Å². The molecule has 1 amide bonds. The highest BCUT2D eigenvalue weighted by molar-refractivity contribution is 5.76. The first kappa shape index (κ1) is 19.1. The quantitative estimate of drug-likeness (QED) is 0.804. The van der Waals surface area contributed by atoms with Gasteiger partial charge in [-0.25, -0.2) is 0 Å². The summed E-state index contributed by atoms with van der Waals surface area (Å²) in [6.07, 6.45) is 2.19. The van der Waals surface area contributed by atoms with Crippen molar-refractivity contribution in [2.45, 2.75) is 37.6 Å². The van der Waals surface area contributed by atoms with Crippen LogP contribution >= 0.6 is 0 Å². The minimum absolute atomic E-state index is 0.0606. The van der Waals surface area contributed by atoms with E-state index in [9.17, 15) is 4.79 Å². The van der Waals surface area contributed by atoms with Crippen LogP contribution in [0.1, 0.15) is 30.4 Å². The van der Waals surface area contributed by atoms with Gasteiger partial charge in [-0.3, -0.25) is 4.79 Å². The number of rotatable bonds is 6. The Balaban J connectivity index is 1.71. The zero-order valence-electron chi connectivity index (χ0n) is 15.8. The van der Waals surface area contributed by atoms with Crippen LogP contribution in [0.4, 0.5) is 0 Å². The maximum atomic E-state index is 12.5. The van der Waals surface area contributed by atoms with E-state index in [1.807, 2.05) is 6.07 Å². The number of benzene rings is 1. The summed E-state index contributed by atoms with van der Waals surface area (Å²) < 4.78 is 16.7. The summed E-state index contributed by atoms with van der Waals surface area (Å²) in [5.74, 6) is 0.944. The lowest BCUT2D eigenvalue weighted by atomic mass is 9.73. The van der Waals surface area contributed by atoms with Crippen molar-refractivity contribution < 1.29 is 19.0 Å². The van der Waals surface area contributed by atoms with E-state index in [2.05, 4.69) is 29.7 Å². The summed E-state index contributed by atoms with van der Waals surface area (Å²) in [7, 11) is 1.70. The van der Waals surface area contributed by atoms with E-state index in [1.54, 1.807) is 7.11 Å². The molecule has 1 aromatic rings. The number of carbonyl (C=O) groups excluding carboxylic acids is 1. The first-order chi connectivity index (χ1) is 12.6. The average molecular weight is 362 g/mol. The fourth-order valence-electron chi connectivity index (χ4n) is 3.85. The Labute approximate surface area is 155 Å². The molecule has 2 aliphatic rings. The molecule has 2 N–H and O–H groups in total. The molecule has 0 aliphatic carbocycles. The molecule has 2 fully saturated rings. The highest BCUT2D eigenvalue weighted by Crippen LogP contribution is 2.40. The molecule has 1 aromatic carbocycles. The molecule has 144 valence electrons. The van der Waals surface area contributed by atoms with Gasteiger partial charge in [0.15, 0.2) is 0 Å². The molecule has 2 saturated heterocycles. The number of carbonyl (C=O) groups is 1. The van der Waals surface area contributed by atoms with Crippen molar-refractivity contribution in [3.05, 3.63) is 29.3 Å². The highest BCUT2D eigenvalue weighted by atomic mass is 16.5. The first-order valence-corrected chi connectivity index (χ1v) is 9.44. The number of ether oxygens (including phenoxy) is 3. The van der Waals surface area contributed by atoms with Gasteiger partial charge >= 0.3 is 0 Å². The molecule has 0 bridgehead atoms. The van der Waals surface area contributed by atoms with E-state index in [4.69, 9.17) is 14.2 Å². The summed E-state index contributed by atoms with van der Waals surface area (Å²) in [5.41, 5.74) is 2.21. The van der Waals surface area contributed by atoms with Gasteiger partial charge < -0.3 is 24.8 Å². The van der Waals surface area contributed by atoms with Gasteiger partial charge in [0, 0.05) is 49.7 Å². The second-order valence-electron chi connectivity index (χ2n) is 7.30. The van der Waals surface area contributed by atoms with E-state index in [-0.39, 0.29) is 17.4 Å². The Bertz CT molecular complexity index is 608. The summed E-state index contributed by atoms with van der Waals surface area (Å²) in [6, 6.07) is 6.37. The molecule has 6 heteroatoms. The topological polar surface area (TPSA) is 68.8 Å². The molecular formula is C20H30N2O4. The molecule has 26 heavy (non-hydrogen) atoms. The minimum Gasteiger partial charge on any atom is -0.496 e. The number of hydrogen-bond donors (Lipinski definition) is 2. The third-order valence-corrected chi connectivity index (χ3v) is 5.43. The van der Waals surface area contributed by atoms with Gasteiger partial charge in [0.2, 0.25) is 5.91 Å². The molecular weight excluding hydrogens is 332 g/mol. The Morgan fingerprint density at radius 3 is 2.81 bits per heavy atom. The van der Waals surface area contributed by atoms with Crippen LogP contribution < -0.4 is 15.4 Å². The SMILES string of the molecule is COc1ccc(C)cc1C1(CNC(=O)CC2COCCN2)CCOCC1. The number of morpholine rings is 1. The van der Waals surface area contributed by atoms with Crippen molar-refractivity contribution in [1.82, 2.24) is 10.6 Å². The Morgan fingerprint density at radius 2 is 2.12 bits per heavy atom. The molecule has 0 radical (unpaired) electrons. The van der Waals surface area contributed by atoms with Crippen molar-refractivity contribution in [3.8, 4) is 5.75 Å². The number of methoxy groups -OCH3 is 1. The maximum Gasteiger partial charge on any atom is 0.221 e. The summed E-state index contributed by atoms with van der Waals surface area (Å²) >= 11 is 0. The first-order valence-electron chi connectivity index (χ1n) is 9.44. The molecule has 0 saturated carbocycles. The molecule has 2 aliphatic heterocycles. The lowest BCUT2D eigenvalue weighted by Gasteiger charge is -2.39. The van der Waals surface area contributed by atoms with Gasteiger partial charge in [-0.05, 0) is 25.8 Å².